The topological polar surface area (TPSA) is 54.5 Å². The number of carbonyl (C=O) groups excluding carboxylic acids is 1. The first-order valence-corrected chi connectivity index (χ1v) is 11.1. The summed E-state index contributed by atoms with van der Waals surface area (Å²) in [5, 5.41) is 2.41. The summed E-state index contributed by atoms with van der Waals surface area (Å²) in [7, 11) is -3.56. The number of sulfonamides is 1. The number of thioether (sulfide) groups is 1. The van der Waals surface area contributed by atoms with Crippen LogP contribution in [0.25, 0.3) is 0 Å². The molecule has 1 fully saturated rings. The molecule has 4 nitrogen and oxygen atoms in total. The lowest BCUT2D eigenvalue weighted by atomic mass is 10.2. The number of carbonyl (C=O) groups is 1. The maximum Gasteiger partial charge on any atom is 0.243 e. The molecule has 0 bridgehead atoms. The van der Waals surface area contributed by atoms with Crippen LogP contribution < -0.4 is 0 Å². The van der Waals surface area contributed by atoms with Gasteiger partial charge in [0.25, 0.3) is 0 Å². The second kappa shape index (κ2) is 7.39. The summed E-state index contributed by atoms with van der Waals surface area (Å²) >= 11 is 3.54. The highest BCUT2D eigenvalue weighted by Gasteiger charge is 2.28. The molecule has 0 saturated carbocycles. The zero-order valence-corrected chi connectivity index (χ0v) is 15.8. The van der Waals surface area contributed by atoms with Crippen molar-refractivity contribution < 1.29 is 13.2 Å². The Balaban J connectivity index is 1.80. The van der Waals surface area contributed by atoms with Gasteiger partial charge in [-0.3, -0.25) is 4.79 Å². The molecule has 1 aromatic carbocycles. The smallest absolute Gasteiger partial charge is 0.243 e. The second-order valence-corrected chi connectivity index (χ2v) is 9.88. The van der Waals surface area contributed by atoms with Crippen molar-refractivity contribution in [2.24, 2.45) is 0 Å². The minimum atomic E-state index is -3.56. The van der Waals surface area contributed by atoms with Gasteiger partial charge in [-0.05, 0) is 36.9 Å². The number of benzene rings is 1. The predicted octanol–water partition coefficient (Wildman–Crippen LogP) is 3.82. The van der Waals surface area contributed by atoms with Crippen molar-refractivity contribution in [2.45, 2.75) is 23.5 Å². The van der Waals surface area contributed by atoms with Gasteiger partial charge in [0.15, 0.2) is 5.78 Å². The van der Waals surface area contributed by atoms with Crippen molar-refractivity contribution in [1.29, 1.82) is 0 Å². The molecule has 128 valence electrons. The molecule has 0 spiro atoms. The van der Waals surface area contributed by atoms with Gasteiger partial charge < -0.3 is 0 Å². The molecule has 0 amide bonds. The third kappa shape index (κ3) is 3.74. The summed E-state index contributed by atoms with van der Waals surface area (Å²) in [6, 6.07) is 10.5. The Hall–Kier alpha value is -1.15. The van der Waals surface area contributed by atoms with Crippen LogP contribution in [-0.4, -0.2) is 37.3 Å². The maximum atomic E-state index is 12.9. The highest BCUT2D eigenvalue weighted by atomic mass is 32.2. The van der Waals surface area contributed by atoms with E-state index in [9.17, 15) is 13.2 Å². The molecule has 1 aliphatic rings. The molecule has 7 heteroatoms. The van der Waals surface area contributed by atoms with E-state index in [0.29, 0.717) is 23.9 Å². The predicted molar refractivity (Wildman–Crippen MR) is 99.3 cm³/mol. The fraction of sp³-hybridized carbons (Fsp3) is 0.353. The minimum Gasteiger partial charge on any atom is -0.295 e. The maximum absolute atomic E-state index is 12.9. The van der Waals surface area contributed by atoms with E-state index in [1.54, 1.807) is 33.8 Å². The van der Waals surface area contributed by atoms with Crippen LogP contribution in [-0.2, 0) is 10.0 Å². The Kier molecular flexibility index (Phi) is 5.44. The van der Waals surface area contributed by atoms with E-state index in [-0.39, 0.29) is 10.7 Å². The van der Waals surface area contributed by atoms with Gasteiger partial charge >= 0.3 is 0 Å². The molecule has 2 heterocycles. The van der Waals surface area contributed by atoms with E-state index in [1.165, 1.54) is 17.9 Å². The van der Waals surface area contributed by atoms with E-state index in [4.69, 9.17) is 0 Å². The van der Waals surface area contributed by atoms with Gasteiger partial charge in [0.05, 0.1) is 4.90 Å². The average molecular weight is 382 g/mol. The molecular weight excluding hydrogens is 362 g/mol. The van der Waals surface area contributed by atoms with Crippen molar-refractivity contribution in [2.75, 3.05) is 18.8 Å². The molecule has 2 aromatic rings. The largest absolute Gasteiger partial charge is 0.295 e. The quantitative estimate of drug-likeness (QED) is 0.756. The minimum absolute atomic E-state index is 0.128. The summed E-state index contributed by atoms with van der Waals surface area (Å²) in [5.41, 5.74) is 0.428. The Bertz CT molecular complexity index is 815. The zero-order chi connectivity index (χ0) is 17.2. The number of hydrogen-bond donors (Lipinski definition) is 0. The van der Waals surface area contributed by atoms with Crippen molar-refractivity contribution in [3.63, 3.8) is 0 Å². The molecule has 1 atom stereocenters. The highest BCUT2D eigenvalue weighted by molar-refractivity contribution is 7.99. The molecule has 1 aromatic heterocycles. The Morgan fingerprint density at radius 1 is 1.21 bits per heavy atom. The first-order chi connectivity index (χ1) is 11.5. The van der Waals surface area contributed by atoms with Crippen LogP contribution in [0.2, 0.25) is 0 Å². The van der Waals surface area contributed by atoms with Crippen LogP contribution in [0.5, 0.6) is 0 Å². The summed E-state index contributed by atoms with van der Waals surface area (Å²) in [5.74, 6) is 0.644. The van der Waals surface area contributed by atoms with Gasteiger partial charge in [0.1, 0.15) is 0 Å². The van der Waals surface area contributed by atoms with Crippen LogP contribution in [0.15, 0.2) is 46.7 Å². The standard InChI is InChI=1S/C17H19NO3S3/c1-13(19)14-4-2-5-15(12-14)24(20,21)18-8-7-17(23-11-9-18)16-6-3-10-22-16/h2-6,10,12,17H,7-9,11H2,1H3. The molecular formula is C17H19NO3S3. The fourth-order valence-corrected chi connectivity index (χ4v) is 6.57. The fourth-order valence-electron chi connectivity index (χ4n) is 2.72. The number of nitrogens with zero attached hydrogens (tertiary/aromatic N) is 1. The molecule has 0 aliphatic carbocycles. The van der Waals surface area contributed by atoms with Crippen molar-refractivity contribution in [1.82, 2.24) is 4.31 Å². The second-order valence-electron chi connectivity index (χ2n) is 5.65. The van der Waals surface area contributed by atoms with Crippen LogP contribution >= 0.6 is 23.1 Å². The lowest BCUT2D eigenvalue weighted by molar-refractivity contribution is 0.101. The zero-order valence-electron chi connectivity index (χ0n) is 13.3. The van der Waals surface area contributed by atoms with E-state index >= 15 is 0 Å². The lowest BCUT2D eigenvalue weighted by Gasteiger charge is -2.20. The summed E-state index contributed by atoms with van der Waals surface area (Å²) in [4.78, 5) is 13.0. The Morgan fingerprint density at radius 3 is 2.75 bits per heavy atom. The third-order valence-corrected chi connectivity index (χ3v) is 8.38. The van der Waals surface area contributed by atoms with E-state index in [0.717, 1.165) is 12.2 Å². The SMILES string of the molecule is CC(=O)c1cccc(S(=O)(=O)N2CCSC(c3cccs3)CC2)c1. The van der Waals surface area contributed by atoms with Crippen LogP contribution in [0, 0.1) is 0 Å². The normalized spacial score (nSPS) is 19.8. The van der Waals surface area contributed by atoms with Gasteiger partial charge in [-0.15, -0.1) is 11.3 Å². The highest BCUT2D eigenvalue weighted by Crippen LogP contribution is 2.37. The van der Waals surface area contributed by atoms with Gasteiger partial charge in [0, 0.05) is 34.5 Å². The summed E-state index contributed by atoms with van der Waals surface area (Å²) in [6.45, 7) is 2.45. The van der Waals surface area contributed by atoms with Crippen LogP contribution in [0.3, 0.4) is 0 Å². The molecule has 24 heavy (non-hydrogen) atoms. The van der Waals surface area contributed by atoms with Crippen molar-refractivity contribution in [3.05, 3.63) is 52.2 Å². The molecule has 0 N–H and O–H groups in total. The first kappa shape index (κ1) is 17.7. The molecule has 1 saturated heterocycles. The number of ketones is 1. The van der Waals surface area contributed by atoms with Crippen molar-refractivity contribution >= 4 is 38.9 Å². The van der Waals surface area contributed by atoms with Crippen LogP contribution in [0.4, 0.5) is 0 Å². The molecule has 3 rings (SSSR count). The molecule has 1 aliphatic heterocycles. The van der Waals surface area contributed by atoms with E-state index in [2.05, 4.69) is 11.4 Å². The first-order valence-electron chi connectivity index (χ1n) is 7.74. The van der Waals surface area contributed by atoms with Gasteiger partial charge in [0.2, 0.25) is 10.0 Å². The van der Waals surface area contributed by atoms with E-state index < -0.39 is 10.0 Å². The van der Waals surface area contributed by atoms with Gasteiger partial charge in [-0.1, -0.05) is 18.2 Å². The summed E-state index contributed by atoms with van der Waals surface area (Å²) in [6.07, 6.45) is 0.802. The Labute approximate surface area is 150 Å². The average Bonchev–Trinajstić information content (AvgIpc) is 2.99. The third-order valence-electron chi connectivity index (χ3n) is 4.04. The number of thiophene rings is 1. The monoisotopic (exact) mass is 381 g/mol. The molecule has 1 unspecified atom stereocenters. The molecule has 0 radical (unpaired) electrons. The van der Waals surface area contributed by atoms with Gasteiger partial charge in [-0.2, -0.15) is 16.1 Å². The number of hydrogen-bond acceptors (Lipinski definition) is 5. The van der Waals surface area contributed by atoms with Gasteiger partial charge in [-0.25, -0.2) is 8.42 Å². The number of rotatable bonds is 4. The van der Waals surface area contributed by atoms with Crippen molar-refractivity contribution in [3.8, 4) is 0 Å². The lowest BCUT2D eigenvalue weighted by Crippen LogP contribution is -2.33. The summed E-state index contributed by atoms with van der Waals surface area (Å²) < 4.78 is 27.4. The number of Topliss-reactive ketones (excluding diaryl/α,β-unsaturated/α-hetero) is 1. The Morgan fingerprint density at radius 2 is 2.04 bits per heavy atom. The van der Waals surface area contributed by atoms with E-state index in [1.807, 2.05) is 17.8 Å². The van der Waals surface area contributed by atoms with Crippen LogP contribution in [0.1, 0.15) is 33.8 Å².